The highest BCUT2D eigenvalue weighted by molar-refractivity contribution is 7.99. The lowest BCUT2D eigenvalue weighted by Gasteiger charge is -2.09. The van der Waals surface area contributed by atoms with Gasteiger partial charge in [-0.1, -0.05) is 31.2 Å². The Labute approximate surface area is 128 Å². The number of para-hydroxylation sites is 1. The van der Waals surface area contributed by atoms with E-state index in [0.717, 1.165) is 33.9 Å². The summed E-state index contributed by atoms with van der Waals surface area (Å²) in [6.07, 6.45) is 2.83. The van der Waals surface area contributed by atoms with Crippen molar-refractivity contribution in [2.24, 2.45) is 0 Å². The first-order valence-electron chi connectivity index (χ1n) is 6.96. The van der Waals surface area contributed by atoms with Crippen LogP contribution in [0.4, 0.5) is 5.95 Å². The van der Waals surface area contributed by atoms with Gasteiger partial charge in [0.1, 0.15) is 10.1 Å². The van der Waals surface area contributed by atoms with E-state index in [4.69, 9.17) is 0 Å². The predicted octanol–water partition coefficient (Wildman–Crippen LogP) is 4.00. The number of nitrogens with one attached hydrogen (secondary N) is 1. The van der Waals surface area contributed by atoms with Crippen LogP contribution in [-0.2, 0) is 0 Å². The van der Waals surface area contributed by atoms with Crippen molar-refractivity contribution in [1.29, 1.82) is 0 Å². The Kier molecular flexibility index (Phi) is 4.31. The van der Waals surface area contributed by atoms with Crippen molar-refractivity contribution in [1.82, 2.24) is 15.0 Å². The fourth-order valence-corrected chi connectivity index (χ4v) is 2.82. The van der Waals surface area contributed by atoms with E-state index < -0.39 is 0 Å². The van der Waals surface area contributed by atoms with Crippen molar-refractivity contribution in [2.45, 2.75) is 23.4 Å². The van der Waals surface area contributed by atoms with Crippen LogP contribution >= 0.6 is 11.8 Å². The minimum Gasteiger partial charge on any atom is -0.354 e. The zero-order valence-corrected chi connectivity index (χ0v) is 12.6. The molecule has 0 aliphatic heterocycles. The van der Waals surface area contributed by atoms with Gasteiger partial charge in [-0.3, -0.25) is 0 Å². The maximum absolute atomic E-state index is 4.63. The van der Waals surface area contributed by atoms with Crippen molar-refractivity contribution in [3.63, 3.8) is 0 Å². The highest BCUT2D eigenvalue weighted by Gasteiger charge is 2.09. The number of rotatable bonds is 5. The molecule has 0 aliphatic rings. The van der Waals surface area contributed by atoms with E-state index in [1.807, 2.05) is 42.5 Å². The van der Waals surface area contributed by atoms with Gasteiger partial charge in [0.2, 0.25) is 5.95 Å². The summed E-state index contributed by atoms with van der Waals surface area (Å²) in [6.45, 7) is 2.99. The summed E-state index contributed by atoms with van der Waals surface area (Å²) in [7, 11) is 0. The van der Waals surface area contributed by atoms with Gasteiger partial charge in [-0.25, -0.2) is 15.0 Å². The second-order valence-electron chi connectivity index (χ2n) is 4.57. The molecule has 0 spiro atoms. The van der Waals surface area contributed by atoms with E-state index in [9.17, 15) is 0 Å². The summed E-state index contributed by atoms with van der Waals surface area (Å²) >= 11 is 1.56. The predicted molar refractivity (Wildman–Crippen MR) is 86.7 cm³/mol. The van der Waals surface area contributed by atoms with Crippen LogP contribution in [0.2, 0.25) is 0 Å². The van der Waals surface area contributed by atoms with Gasteiger partial charge in [-0.05, 0) is 36.4 Å². The fraction of sp³-hybridized carbons (Fsp3) is 0.188. The molecule has 4 nitrogen and oxygen atoms in total. The van der Waals surface area contributed by atoms with Gasteiger partial charge >= 0.3 is 0 Å². The standard InChI is InChI=1S/C16H16N4S/c1-2-10-18-16-19-13-8-4-3-7-12(13)15(20-16)21-14-9-5-6-11-17-14/h3-9,11H,2,10H2,1H3,(H,18,19,20). The van der Waals surface area contributed by atoms with E-state index in [-0.39, 0.29) is 0 Å². The number of benzene rings is 1. The normalized spacial score (nSPS) is 10.7. The topological polar surface area (TPSA) is 50.7 Å². The number of hydrogen-bond acceptors (Lipinski definition) is 5. The number of hydrogen-bond donors (Lipinski definition) is 1. The lowest BCUT2D eigenvalue weighted by molar-refractivity contribution is 0.945. The summed E-state index contributed by atoms with van der Waals surface area (Å²) in [5.74, 6) is 0.675. The fourth-order valence-electron chi connectivity index (χ4n) is 1.95. The van der Waals surface area contributed by atoms with Gasteiger partial charge in [0.25, 0.3) is 0 Å². The van der Waals surface area contributed by atoms with Crippen LogP contribution in [0.15, 0.2) is 58.7 Å². The van der Waals surface area contributed by atoms with Crippen molar-refractivity contribution in [3.8, 4) is 0 Å². The van der Waals surface area contributed by atoms with Crippen LogP contribution in [-0.4, -0.2) is 21.5 Å². The molecule has 2 aromatic heterocycles. The Hall–Kier alpha value is -2.14. The van der Waals surface area contributed by atoms with Crippen LogP contribution in [0.3, 0.4) is 0 Å². The molecule has 106 valence electrons. The Morgan fingerprint density at radius 2 is 1.90 bits per heavy atom. The lowest BCUT2D eigenvalue weighted by atomic mass is 10.2. The Bertz CT molecular complexity index is 731. The number of anilines is 1. The molecule has 21 heavy (non-hydrogen) atoms. The van der Waals surface area contributed by atoms with Gasteiger partial charge in [-0.2, -0.15) is 0 Å². The van der Waals surface area contributed by atoms with Crippen LogP contribution in [0.5, 0.6) is 0 Å². The third kappa shape index (κ3) is 3.31. The highest BCUT2D eigenvalue weighted by atomic mass is 32.2. The smallest absolute Gasteiger partial charge is 0.224 e. The minimum atomic E-state index is 0.675. The first-order chi connectivity index (χ1) is 10.4. The molecule has 0 atom stereocenters. The monoisotopic (exact) mass is 296 g/mol. The molecule has 0 saturated carbocycles. The minimum absolute atomic E-state index is 0.675. The van der Waals surface area contributed by atoms with Gasteiger partial charge < -0.3 is 5.32 Å². The van der Waals surface area contributed by atoms with Gasteiger partial charge in [0, 0.05) is 18.1 Å². The third-order valence-electron chi connectivity index (χ3n) is 2.94. The molecule has 0 aliphatic carbocycles. The molecule has 1 N–H and O–H groups in total. The summed E-state index contributed by atoms with van der Waals surface area (Å²) in [4.78, 5) is 13.5. The van der Waals surface area contributed by atoms with Gasteiger partial charge in [0.15, 0.2) is 0 Å². The van der Waals surface area contributed by atoms with Crippen LogP contribution in [0, 0.1) is 0 Å². The van der Waals surface area contributed by atoms with Crippen molar-refractivity contribution in [3.05, 3.63) is 48.7 Å². The summed E-state index contributed by atoms with van der Waals surface area (Å²) in [5.41, 5.74) is 0.949. The maximum atomic E-state index is 4.63. The van der Waals surface area contributed by atoms with Crippen molar-refractivity contribution < 1.29 is 0 Å². The molecular weight excluding hydrogens is 280 g/mol. The molecule has 1 aromatic carbocycles. The average Bonchev–Trinajstić information content (AvgIpc) is 2.54. The van der Waals surface area contributed by atoms with Crippen LogP contribution in [0.1, 0.15) is 13.3 Å². The second kappa shape index (κ2) is 6.54. The molecule has 0 saturated heterocycles. The molecule has 3 rings (SSSR count). The molecule has 0 fully saturated rings. The molecule has 0 unspecified atom stereocenters. The second-order valence-corrected chi connectivity index (χ2v) is 5.58. The highest BCUT2D eigenvalue weighted by Crippen LogP contribution is 2.30. The van der Waals surface area contributed by atoms with E-state index in [1.165, 1.54) is 0 Å². The quantitative estimate of drug-likeness (QED) is 0.721. The van der Waals surface area contributed by atoms with Gasteiger partial charge in [-0.15, -0.1) is 0 Å². The largest absolute Gasteiger partial charge is 0.354 e. The molecule has 0 amide bonds. The molecule has 5 heteroatoms. The van der Waals surface area contributed by atoms with E-state index in [0.29, 0.717) is 5.95 Å². The Morgan fingerprint density at radius 3 is 2.71 bits per heavy atom. The number of aromatic nitrogens is 3. The first-order valence-corrected chi connectivity index (χ1v) is 7.78. The molecular formula is C16H16N4S. The van der Waals surface area contributed by atoms with Crippen LogP contribution in [0.25, 0.3) is 10.9 Å². The molecule has 3 aromatic rings. The number of nitrogens with zero attached hydrogens (tertiary/aromatic N) is 3. The zero-order chi connectivity index (χ0) is 14.5. The van der Waals surface area contributed by atoms with Gasteiger partial charge in [0.05, 0.1) is 5.52 Å². The SMILES string of the molecule is CCCNc1nc(Sc2ccccn2)c2ccccc2n1. The number of fused-ring (bicyclic) bond motifs is 1. The lowest BCUT2D eigenvalue weighted by Crippen LogP contribution is -2.05. The summed E-state index contributed by atoms with van der Waals surface area (Å²) in [5, 5.41) is 6.17. The average molecular weight is 296 g/mol. The zero-order valence-electron chi connectivity index (χ0n) is 11.8. The molecule has 2 heterocycles. The molecule has 0 radical (unpaired) electrons. The van der Waals surface area contributed by atoms with Crippen LogP contribution < -0.4 is 5.32 Å². The third-order valence-corrected chi connectivity index (χ3v) is 3.90. The van der Waals surface area contributed by atoms with Crippen molar-refractivity contribution in [2.75, 3.05) is 11.9 Å². The Morgan fingerprint density at radius 1 is 1.05 bits per heavy atom. The molecule has 0 bridgehead atoms. The first kappa shape index (κ1) is 13.8. The van der Waals surface area contributed by atoms with E-state index in [1.54, 1.807) is 18.0 Å². The summed E-state index contributed by atoms with van der Waals surface area (Å²) < 4.78 is 0. The van der Waals surface area contributed by atoms with Crippen molar-refractivity contribution >= 4 is 28.6 Å². The van der Waals surface area contributed by atoms with E-state index >= 15 is 0 Å². The Balaban J connectivity index is 2.02. The summed E-state index contributed by atoms with van der Waals surface area (Å²) in [6, 6.07) is 13.9. The maximum Gasteiger partial charge on any atom is 0.224 e. The van der Waals surface area contributed by atoms with E-state index in [2.05, 4.69) is 27.2 Å². The number of pyridine rings is 1.